The highest BCUT2D eigenvalue weighted by molar-refractivity contribution is 7.91. The van der Waals surface area contributed by atoms with Crippen LogP contribution in [0.15, 0.2) is 43.4 Å². The summed E-state index contributed by atoms with van der Waals surface area (Å²) in [4.78, 5) is 40.3. The van der Waals surface area contributed by atoms with Crippen LogP contribution in [0.2, 0.25) is 0 Å². The fraction of sp³-hybridized carbons (Fsp3) is 0.333. The van der Waals surface area contributed by atoms with Gasteiger partial charge >= 0.3 is 0 Å². The molecule has 0 saturated carbocycles. The Labute approximate surface area is 177 Å². The van der Waals surface area contributed by atoms with E-state index in [2.05, 4.69) is 30.2 Å². The first-order chi connectivity index (χ1) is 14.9. The van der Waals surface area contributed by atoms with Gasteiger partial charge in [0.25, 0.3) is 6.47 Å². The molecule has 4 heterocycles. The minimum absolute atomic E-state index is 0.0633. The van der Waals surface area contributed by atoms with Gasteiger partial charge in [-0.3, -0.25) is 19.6 Å². The van der Waals surface area contributed by atoms with E-state index in [4.69, 9.17) is 9.90 Å². The van der Waals surface area contributed by atoms with E-state index in [0.29, 0.717) is 23.8 Å². The number of carbonyl (C=O) groups excluding carboxylic acids is 1. The molecule has 0 aromatic carbocycles. The summed E-state index contributed by atoms with van der Waals surface area (Å²) in [5, 5.41) is 9.76. The van der Waals surface area contributed by atoms with Crippen LogP contribution < -0.4 is 5.32 Å². The van der Waals surface area contributed by atoms with E-state index >= 15 is 0 Å². The van der Waals surface area contributed by atoms with Crippen LogP contribution in [0.4, 0.5) is 0 Å². The summed E-state index contributed by atoms with van der Waals surface area (Å²) in [6.45, 7) is -0.250. The molecule has 3 N–H and O–H groups in total. The summed E-state index contributed by atoms with van der Waals surface area (Å²) in [6.07, 6.45) is 12.0. The van der Waals surface area contributed by atoms with Gasteiger partial charge in [-0.2, -0.15) is 0 Å². The number of aryl methyl sites for hydroxylation is 1. The van der Waals surface area contributed by atoms with E-state index < -0.39 is 21.9 Å². The second-order valence-corrected chi connectivity index (χ2v) is 8.87. The van der Waals surface area contributed by atoms with Crippen molar-refractivity contribution < 1.29 is 23.1 Å². The van der Waals surface area contributed by atoms with Gasteiger partial charge in [-0.05, 0) is 6.42 Å². The second-order valence-electron chi connectivity index (χ2n) is 6.72. The minimum atomic E-state index is -3.29. The molecule has 12 nitrogen and oxygen atoms in total. The number of nitrogens with one attached hydrogen (secondary N) is 2. The minimum Gasteiger partial charge on any atom is -0.483 e. The lowest BCUT2D eigenvalue weighted by Crippen LogP contribution is -2.41. The Bertz CT molecular complexity index is 1100. The number of aromatic amines is 1. The molecule has 164 valence electrons. The molecule has 13 heteroatoms. The van der Waals surface area contributed by atoms with Crippen LogP contribution in [0.3, 0.4) is 0 Å². The molecule has 0 spiro atoms. The van der Waals surface area contributed by atoms with Gasteiger partial charge in [-0.15, -0.1) is 0 Å². The second kappa shape index (κ2) is 9.93. The van der Waals surface area contributed by atoms with Gasteiger partial charge in [-0.1, -0.05) is 0 Å². The third kappa shape index (κ3) is 5.72. The highest BCUT2D eigenvalue weighted by Crippen LogP contribution is 2.28. The monoisotopic (exact) mass is 447 g/mol. The average Bonchev–Trinajstić information content (AvgIpc) is 3.47. The Morgan fingerprint density at radius 1 is 1.23 bits per heavy atom. The molecule has 1 aliphatic rings. The number of nitrogens with zero attached hydrogens (tertiary/aromatic N) is 5. The van der Waals surface area contributed by atoms with Crippen LogP contribution in [0.1, 0.15) is 18.2 Å². The Morgan fingerprint density at radius 2 is 2.03 bits per heavy atom. The standard InChI is InChI=1S/C17H19N7O3S.CH2O2/c25-15(2-1-12-9-18-3-4-19-12)23-13-10-28(26,27)11-14(13)24-8-7-22-17(24)16-20-5-6-21-16;2-1-3/h3-9,13-14H,1-2,10-11H2,(H,20,21)(H,23,25);1H,(H,2,3)/t13-,14-;/m1./s1. The summed E-state index contributed by atoms with van der Waals surface area (Å²) >= 11 is 0. The molecule has 31 heavy (non-hydrogen) atoms. The van der Waals surface area contributed by atoms with E-state index in [1.807, 2.05) is 0 Å². The third-order valence-electron chi connectivity index (χ3n) is 4.63. The molecule has 0 aliphatic carbocycles. The van der Waals surface area contributed by atoms with Crippen molar-refractivity contribution in [2.24, 2.45) is 0 Å². The van der Waals surface area contributed by atoms with Crippen molar-refractivity contribution >= 4 is 22.2 Å². The van der Waals surface area contributed by atoms with Gasteiger partial charge in [0.05, 0.1) is 29.3 Å². The fourth-order valence-corrected chi connectivity index (χ4v) is 5.27. The first-order valence-corrected chi connectivity index (χ1v) is 11.1. The van der Waals surface area contributed by atoms with Gasteiger partial charge in [0.15, 0.2) is 21.5 Å². The number of sulfone groups is 1. The summed E-state index contributed by atoms with van der Waals surface area (Å²) in [6, 6.07) is -0.990. The number of H-pyrrole nitrogens is 1. The predicted molar refractivity (Wildman–Crippen MR) is 108 cm³/mol. The van der Waals surface area contributed by atoms with Gasteiger partial charge < -0.3 is 20.0 Å². The van der Waals surface area contributed by atoms with E-state index in [1.54, 1.807) is 47.9 Å². The maximum absolute atomic E-state index is 12.4. The molecule has 1 aliphatic heterocycles. The molecule has 1 saturated heterocycles. The van der Waals surface area contributed by atoms with E-state index in [-0.39, 0.29) is 30.3 Å². The maximum atomic E-state index is 12.4. The number of rotatable bonds is 6. The largest absolute Gasteiger partial charge is 0.483 e. The number of amides is 1. The molecular formula is C18H21N7O5S. The topological polar surface area (TPSA) is 173 Å². The smallest absolute Gasteiger partial charge is 0.290 e. The SMILES string of the molecule is O=C(CCc1cnccn1)N[C@@H]1CS(=O)(=O)C[C@H]1n1ccnc1-c1ncc[nH]1.O=CO. The van der Waals surface area contributed by atoms with Crippen LogP contribution >= 0.6 is 0 Å². The van der Waals surface area contributed by atoms with E-state index in [0.717, 1.165) is 0 Å². The van der Waals surface area contributed by atoms with Crippen LogP contribution in [0.25, 0.3) is 11.6 Å². The molecule has 3 aromatic rings. The molecule has 0 bridgehead atoms. The van der Waals surface area contributed by atoms with Gasteiger partial charge in [-0.25, -0.2) is 18.4 Å². The normalized spacial score (nSPS) is 19.2. The lowest BCUT2D eigenvalue weighted by Gasteiger charge is -2.22. The molecule has 0 radical (unpaired) electrons. The van der Waals surface area contributed by atoms with Gasteiger partial charge in [0.1, 0.15) is 0 Å². The summed E-state index contributed by atoms with van der Waals surface area (Å²) in [5.41, 5.74) is 0.711. The quantitative estimate of drug-likeness (QED) is 0.434. The molecule has 2 atom stereocenters. The van der Waals surface area contributed by atoms with Crippen LogP contribution in [0.5, 0.6) is 0 Å². The first-order valence-electron chi connectivity index (χ1n) is 9.28. The summed E-state index contributed by atoms with van der Waals surface area (Å²) in [5.74, 6) is 0.682. The molecular weight excluding hydrogens is 426 g/mol. The fourth-order valence-electron chi connectivity index (χ4n) is 3.37. The highest BCUT2D eigenvalue weighted by atomic mass is 32.2. The summed E-state index contributed by atoms with van der Waals surface area (Å²) in [7, 11) is -3.29. The number of carbonyl (C=O) groups is 2. The Balaban J connectivity index is 0.000000858. The van der Waals surface area contributed by atoms with Crippen LogP contribution in [-0.2, 0) is 25.8 Å². The maximum Gasteiger partial charge on any atom is 0.290 e. The van der Waals surface area contributed by atoms with Crippen LogP contribution in [-0.4, -0.2) is 72.9 Å². The van der Waals surface area contributed by atoms with E-state index in [9.17, 15) is 13.2 Å². The lowest BCUT2D eigenvalue weighted by molar-refractivity contribution is -0.123. The van der Waals surface area contributed by atoms with Crippen LogP contribution in [0, 0.1) is 0 Å². The van der Waals surface area contributed by atoms with Crippen molar-refractivity contribution in [2.45, 2.75) is 24.9 Å². The predicted octanol–water partition coefficient (Wildman–Crippen LogP) is -0.149. The number of aromatic nitrogens is 6. The first kappa shape index (κ1) is 22.1. The van der Waals surface area contributed by atoms with Crippen molar-refractivity contribution in [3.63, 3.8) is 0 Å². The zero-order chi connectivity index (χ0) is 22.3. The Morgan fingerprint density at radius 3 is 2.71 bits per heavy atom. The van der Waals surface area contributed by atoms with Gasteiger partial charge in [0.2, 0.25) is 5.91 Å². The lowest BCUT2D eigenvalue weighted by atomic mass is 10.1. The Hall–Kier alpha value is -3.61. The van der Waals surface area contributed by atoms with Crippen molar-refractivity contribution in [3.05, 3.63) is 49.1 Å². The molecule has 1 fully saturated rings. The summed E-state index contributed by atoms with van der Waals surface area (Å²) < 4.78 is 26.3. The Kier molecular flexibility index (Phi) is 7.07. The number of imidazole rings is 2. The van der Waals surface area contributed by atoms with Crippen molar-refractivity contribution in [2.75, 3.05) is 11.5 Å². The molecule has 1 amide bonds. The molecule has 4 rings (SSSR count). The van der Waals surface area contributed by atoms with Crippen molar-refractivity contribution in [1.82, 2.24) is 34.8 Å². The highest BCUT2D eigenvalue weighted by Gasteiger charge is 2.40. The molecule has 0 unspecified atom stereocenters. The number of hydrogen-bond donors (Lipinski definition) is 3. The van der Waals surface area contributed by atoms with E-state index in [1.165, 1.54) is 0 Å². The van der Waals surface area contributed by atoms with Crippen molar-refractivity contribution in [3.8, 4) is 11.6 Å². The zero-order valence-corrected chi connectivity index (χ0v) is 17.1. The number of carboxylic acid groups (broad SMARTS) is 1. The number of hydrogen-bond acceptors (Lipinski definition) is 8. The average molecular weight is 447 g/mol. The van der Waals surface area contributed by atoms with Gasteiger partial charge in [0, 0.05) is 49.8 Å². The van der Waals surface area contributed by atoms with Crippen molar-refractivity contribution in [1.29, 1.82) is 0 Å². The third-order valence-corrected chi connectivity index (χ3v) is 6.35. The molecule has 3 aromatic heterocycles. The zero-order valence-electron chi connectivity index (χ0n) is 16.3.